The number of halogens is 3. The van der Waals surface area contributed by atoms with Crippen LogP contribution in [-0.4, -0.2) is 46.0 Å². The van der Waals surface area contributed by atoms with Gasteiger partial charge in [0.15, 0.2) is 11.6 Å². The van der Waals surface area contributed by atoms with Gasteiger partial charge in [0.25, 0.3) is 0 Å². The van der Waals surface area contributed by atoms with Crippen molar-refractivity contribution in [3.63, 3.8) is 0 Å². The van der Waals surface area contributed by atoms with E-state index in [1.165, 1.54) is 0 Å². The fourth-order valence-electron chi connectivity index (χ4n) is 4.20. The van der Waals surface area contributed by atoms with Gasteiger partial charge in [-0.3, -0.25) is 0 Å². The summed E-state index contributed by atoms with van der Waals surface area (Å²) in [6, 6.07) is 1.34. The smallest absolute Gasteiger partial charge is 0.209 e. The van der Waals surface area contributed by atoms with E-state index < -0.39 is 27.5 Å². The lowest BCUT2D eigenvalue weighted by Gasteiger charge is -2.35. The molecule has 1 saturated heterocycles. The van der Waals surface area contributed by atoms with Crippen molar-refractivity contribution in [2.75, 3.05) is 19.4 Å². The second-order valence-electron chi connectivity index (χ2n) is 7.80. The van der Waals surface area contributed by atoms with Crippen LogP contribution in [0.3, 0.4) is 0 Å². The predicted molar refractivity (Wildman–Crippen MR) is 100 cm³/mol. The minimum absolute atomic E-state index is 0.0275. The minimum atomic E-state index is -3.29. The number of hydrogen-bond acceptors (Lipinski definition) is 4. The Balaban J connectivity index is 1.52. The second-order valence-corrected chi connectivity index (χ2v) is 9.58. The molecule has 0 unspecified atom stereocenters. The molecule has 2 atom stereocenters. The summed E-state index contributed by atoms with van der Waals surface area (Å²) in [5.41, 5.74) is 0.0994. The number of hydrogen-bond donors (Lipinski definition) is 2. The van der Waals surface area contributed by atoms with E-state index in [9.17, 15) is 21.6 Å². The quantitative estimate of drug-likeness (QED) is 0.695. The summed E-state index contributed by atoms with van der Waals surface area (Å²) >= 11 is 0. The maximum Gasteiger partial charge on any atom is 0.209 e. The van der Waals surface area contributed by atoms with E-state index in [0.717, 1.165) is 31.7 Å². The number of rotatable bonds is 6. The third-order valence-electron chi connectivity index (χ3n) is 5.60. The Hall–Kier alpha value is -1.16. The van der Waals surface area contributed by atoms with Crippen molar-refractivity contribution in [2.24, 2.45) is 0 Å². The van der Waals surface area contributed by atoms with Crippen LogP contribution in [0.5, 0.6) is 0 Å². The molecule has 2 fully saturated rings. The first kappa shape index (κ1) is 21.5. The second kappa shape index (κ2) is 9.11. The van der Waals surface area contributed by atoms with Gasteiger partial charge in [0, 0.05) is 18.2 Å². The van der Waals surface area contributed by atoms with Crippen molar-refractivity contribution in [1.82, 2.24) is 10.0 Å². The van der Waals surface area contributed by atoms with Crippen LogP contribution >= 0.6 is 0 Å². The van der Waals surface area contributed by atoms with E-state index in [1.807, 2.05) is 0 Å². The first-order chi connectivity index (χ1) is 13.2. The maximum atomic E-state index is 14.0. The average Bonchev–Trinajstić information content (AvgIpc) is 2.63. The van der Waals surface area contributed by atoms with Gasteiger partial charge in [-0.1, -0.05) is 0 Å². The molecule has 9 heteroatoms. The highest BCUT2D eigenvalue weighted by Gasteiger charge is 2.30. The van der Waals surface area contributed by atoms with Gasteiger partial charge in [0.2, 0.25) is 10.0 Å². The molecule has 0 bridgehead atoms. The zero-order chi connectivity index (χ0) is 20.3. The van der Waals surface area contributed by atoms with Crippen molar-refractivity contribution >= 4 is 10.0 Å². The molecular formula is C19H27F3N2O3S. The van der Waals surface area contributed by atoms with Gasteiger partial charge in [0.1, 0.15) is 5.82 Å². The number of benzene rings is 1. The summed E-state index contributed by atoms with van der Waals surface area (Å²) < 4.78 is 72.6. The fraction of sp³-hybridized carbons (Fsp3) is 0.684. The lowest BCUT2D eigenvalue weighted by Crippen LogP contribution is -2.55. The Morgan fingerprint density at radius 1 is 1.14 bits per heavy atom. The molecule has 1 aliphatic carbocycles. The molecule has 1 heterocycles. The molecule has 1 aromatic carbocycles. The summed E-state index contributed by atoms with van der Waals surface area (Å²) in [6.45, 7) is 1.19. The first-order valence-electron chi connectivity index (χ1n) is 9.69. The van der Waals surface area contributed by atoms with Crippen LogP contribution in [0.25, 0.3) is 0 Å². The molecule has 0 amide bonds. The number of piperidine rings is 1. The average molecular weight is 420 g/mol. The molecule has 2 aliphatic rings. The molecule has 3 rings (SSSR count). The van der Waals surface area contributed by atoms with Crippen LogP contribution in [0, 0.1) is 17.5 Å². The van der Waals surface area contributed by atoms with E-state index in [0.29, 0.717) is 38.4 Å². The van der Waals surface area contributed by atoms with Gasteiger partial charge in [-0.15, -0.1) is 0 Å². The molecule has 0 spiro atoms. The molecule has 28 heavy (non-hydrogen) atoms. The van der Waals surface area contributed by atoms with Gasteiger partial charge in [0.05, 0.1) is 19.0 Å². The van der Waals surface area contributed by atoms with Crippen molar-refractivity contribution in [3.8, 4) is 0 Å². The lowest BCUT2D eigenvalue weighted by molar-refractivity contribution is 0.00503. The number of nitrogens with one attached hydrogen (secondary N) is 2. The largest absolute Gasteiger partial charge is 0.377 e. The molecule has 0 aromatic heterocycles. The normalized spacial score (nSPS) is 29.0. The molecule has 0 radical (unpaired) electrons. The highest BCUT2D eigenvalue weighted by atomic mass is 32.2. The van der Waals surface area contributed by atoms with E-state index in [-0.39, 0.29) is 29.7 Å². The third kappa shape index (κ3) is 5.68. The van der Waals surface area contributed by atoms with Crippen LogP contribution in [0.15, 0.2) is 12.1 Å². The minimum Gasteiger partial charge on any atom is -0.377 e. The van der Waals surface area contributed by atoms with Crippen LogP contribution in [0.1, 0.15) is 50.0 Å². The Labute approximate surface area is 164 Å². The molecule has 5 nitrogen and oxygen atoms in total. The topological polar surface area (TPSA) is 67.4 Å². The zero-order valence-electron chi connectivity index (χ0n) is 15.9. The molecule has 2 N–H and O–H groups in total. The van der Waals surface area contributed by atoms with Crippen molar-refractivity contribution in [1.29, 1.82) is 0 Å². The standard InChI is InChI=1S/C19H27F3N2O3S/c1-28(25,26)24-17-3-2-8-23-18(17)11-27-14-6-4-12(5-7-14)15-9-13(20)10-16(21)19(15)22/h9-10,12,14,17-18,23-24H,2-8,11H2,1H3/t12-,14+,17-,18-/m0/s1. The summed E-state index contributed by atoms with van der Waals surface area (Å²) in [4.78, 5) is 0. The van der Waals surface area contributed by atoms with E-state index in [1.54, 1.807) is 0 Å². The molecule has 1 saturated carbocycles. The third-order valence-corrected chi connectivity index (χ3v) is 6.33. The van der Waals surface area contributed by atoms with Gasteiger partial charge < -0.3 is 10.1 Å². The van der Waals surface area contributed by atoms with Crippen molar-refractivity contribution < 1.29 is 26.3 Å². The van der Waals surface area contributed by atoms with Crippen LogP contribution < -0.4 is 10.0 Å². The Kier molecular flexibility index (Phi) is 7.01. The molecule has 1 aromatic rings. The molecular weight excluding hydrogens is 393 g/mol. The monoisotopic (exact) mass is 420 g/mol. The Morgan fingerprint density at radius 2 is 1.86 bits per heavy atom. The lowest BCUT2D eigenvalue weighted by atomic mass is 9.82. The van der Waals surface area contributed by atoms with Crippen LogP contribution in [-0.2, 0) is 14.8 Å². The first-order valence-corrected chi connectivity index (χ1v) is 11.6. The van der Waals surface area contributed by atoms with Gasteiger partial charge in [-0.2, -0.15) is 0 Å². The van der Waals surface area contributed by atoms with Gasteiger partial charge >= 0.3 is 0 Å². The fourth-order valence-corrected chi connectivity index (χ4v) is 5.03. The molecule has 158 valence electrons. The van der Waals surface area contributed by atoms with E-state index in [4.69, 9.17) is 4.74 Å². The van der Waals surface area contributed by atoms with Gasteiger partial charge in [-0.05, 0) is 62.6 Å². The van der Waals surface area contributed by atoms with Crippen molar-refractivity contribution in [2.45, 2.75) is 62.6 Å². The molecule has 1 aliphatic heterocycles. The summed E-state index contributed by atoms with van der Waals surface area (Å²) in [6.07, 6.45) is 5.28. The predicted octanol–water partition coefficient (Wildman–Crippen LogP) is 2.82. The number of ether oxygens (including phenoxy) is 1. The summed E-state index contributed by atoms with van der Waals surface area (Å²) in [5, 5.41) is 3.30. The van der Waals surface area contributed by atoms with E-state index >= 15 is 0 Å². The van der Waals surface area contributed by atoms with Crippen molar-refractivity contribution in [3.05, 3.63) is 35.1 Å². The van der Waals surface area contributed by atoms with Crippen LogP contribution in [0.2, 0.25) is 0 Å². The maximum absolute atomic E-state index is 14.0. The van der Waals surface area contributed by atoms with Crippen LogP contribution in [0.4, 0.5) is 13.2 Å². The highest BCUT2D eigenvalue weighted by molar-refractivity contribution is 7.88. The van der Waals surface area contributed by atoms with E-state index in [2.05, 4.69) is 10.0 Å². The number of sulfonamides is 1. The summed E-state index contributed by atoms with van der Waals surface area (Å²) in [7, 11) is -3.29. The van der Waals surface area contributed by atoms with Gasteiger partial charge in [-0.25, -0.2) is 26.3 Å². The Bertz CT molecular complexity index is 783. The highest BCUT2D eigenvalue weighted by Crippen LogP contribution is 2.36. The zero-order valence-corrected chi connectivity index (χ0v) is 16.7. The Morgan fingerprint density at radius 3 is 2.54 bits per heavy atom. The SMILES string of the molecule is CS(=O)(=O)N[C@H]1CCCN[C@H]1CO[C@H]1CC[C@@H](c2cc(F)cc(F)c2F)CC1. The summed E-state index contributed by atoms with van der Waals surface area (Å²) in [5.74, 6) is -3.11.